The minimum absolute atomic E-state index is 0.0104. The monoisotopic (exact) mass is 256 g/mol. The van der Waals surface area contributed by atoms with Crippen molar-refractivity contribution >= 4 is 5.97 Å². The second-order valence-corrected chi connectivity index (χ2v) is 4.75. The van der Waals surface area contributed by atoms with Gasteiger partial charge in [0, 0.05) is 6.07 Å². The van der Waals surface area contributed by atoms with E-state index in [-0.39, 0.29) is 18.3 Å². The molecule has 0 fully saturated rings. The topological polar surface area (TPSA) is 66.8 Å². The van der Waals surface area contributed by atoms with Crippen molar-refractivity contribution in [3.63, 3.8) is 0 Å². The molecule has 0 amide bonds. The second-order valence-electron chi connectivity index (χ2n) is 4.75. The first-order valence-electron chi connectivity index (χ1n) is 5.62. The van der Waals surface area contributed by atoms with E-state index >= 15 is 0 Å². The number of hydrogen-bond acceptors (Lipinski definition) is 3. The highest BCUT2D eigenvalue weighted by Crippen LogP contribution is 2.21. The Bertz CT molecular complexity index is 441. The Kier molecular flexibility index (Phi) is 4.29. The number of rotatable bonds is 5. The lowest BCUT2D eigenvalue weighted by Gasteiger charge is -2.27. The first-order valence-corrected chi connectivity index (χ1v) is 5.62. The fourth-order valence-corrected chi connectivity index (χ4v) is 1.16. The molecule has 18 heavy (non-hydrogen) atoms. The van der Waals surface area contributed by atoms with Crippen molar-refractivity contribution in [2.75, 3.05) is 6.61 Å². The van der Waals surface area contributed by atoms with Crippen LogP contribution in [0.3, 0.4) is 0 Å². The minimum Gasteiger partial charge on any atom is -0.490 e. The Morgan fingerprint density at radius 2 is 2.11 bits per heavy atom. The first-order chi connectivity index (χ1) is 8.24. The van der Waals surface area contributed by atoms with E-state index in [1.54, 1.807) is 6.92 Å². The van der Waals surface area contributed by atoms with Crippen LogP contribution in [-0.4, -0.2) is 28.4 Å². The van der Waals surface area contributed by atoms with Crippen LogP contribution in [0.5, 0.6) is 5.75 Å². The van der Waals surface area contributed by atoms with Gasteiger partial charge >= 0.3 is 5.97 Å². The molecule has 1 aromatic carbocycles. The maximum absolute atomic E-state index is 13.4. The van der Waals surface area contributed by atoms with Crippen molar-refractivity contribution in [3.05, 3.63) is 29.6 Å². The average Bonchev–Trinajstić information content (AvgIpc) is 2.25. The Morgan fingerprint density at radius 1 is 1.50 bits per heavy atom. The molecule has 4 nitrogen and oxygen atoms in total. The molecule has 1 aromatic rings. The van der Waals surface area contributed by atoms with Crippen LogP contribution in [0.4, 0.5) is 4.39 Å². The summed E-state index contributed by atoms with van der Waals surface area (Å²) in [4.78, 5) is 10.6. The van der Waals surface area contributed by atoms with E-state index in [4.69, 9.17) is 9.84 Å². The summed E-state index contributed by atoms with van der Waals surface area (Å²) < 4.78 is 18.6. The largest absolute Gasteiger partial charge is 0.490 e. The van der Waals surface area contributed by atoms with Crippen LogP contribution in [-0.2, 0) is 0 Å². The average molecular weight is 256 g/mol. The third-order valence-corrected chi connectivity index (χ3v) is 2.95. The van der Waals surface area contributed by atoms with Gasteiger partial charge in [-0.3, -0.25) is 0 Å². The van der Waals surface area contributed by atoms with Gasteiger partial charge in [-0.15, -0.1) is 0 Å². The van der Waals surface area contributed by atoms with Crippen molar-refractivity contribution in [3.8, 4) is 5.75 Å². The maximum atomic E-state index is 13.4. The minimum atomic E-state index is -1.33. The van der Waals surface area contributed by atoms with Gasteiger partial charge in [0.25, 0.3) is 0 Å². The quantitative estimate of drug-likeness (QED) is 0.848. The van der Waals surface area contributed by atoms with E-state index in [1.807, 2.05) is 13.8 Å². The van der Waals surface area contributed by atoms with Gasteiger partial charge < -0.3 is 14.9 Å². The molecule has 0 aliphatic rings. The number of benzene rings is 1. The summed E-state index contributed by atoms with van der Waals surface area (Å²) in [5, 5.41) is 18.6. The highest BCUT2D eigenvalue weighted by Gasteiger charge is 2.26. The second kappa shape index (κ2) is 5.35. The number of carboxylic acid groups (broad SMARTS) is 1. The van der Waals surface area contributed by atoms with Crippen LogP contribution in [0.1, 0.15) is 31.1 Å². The van der Waals surface area contributed by atoms with Crippen LogP contribution in [0.25, 0.3) is 0 Å². The zero-order valence-electron chi connectivity index (χ0n) is 10.6. The van der Waals surface area contributed by atoms with Crippen LogP contribution in [0, 0.1) is 11.7 Å². The number of aliphatic hydroxyl groups is 1. The van der Waals surface area contributed by atoms with Crippen molar-refractivity contribution in [2.24, 2.45) is 5.92 Å². The Labute approximate surface area is 105 Å². The number of carbonyl (C=O) groups is 1. The molecule has 0 aliphatic heterocycles. The Balaban J connectivity index is 2.76. The summed E-state index contributed by atoms with van der Waals surface area (Å²) in [6, 6.07) is 3.50. The van der Waals surface area contributed by atoms with Crippen molar-refractivity contribution in [1.29, 1.82) is 0 Å². The number of ether oxygens (including phenoxy) is 1. The summed E-state index contributed by atoms with van der Waals surface area (Å²) >= 11 is 0. The predicted octanol–water partition coefficient (Wildman–Crippen LogP) is 2.31. The lowest BCUT2D eigenvalue weighted by molar-refractivity contribution is -0.0267. The number of carboxylic acids is 1. The zero-order valence-corrected chi connectivity index (χ0v) is 10.6. The first kappa shape index (κ1) is 14.4. The third-order valence-electron chi connectivity index (χ3n) is 2.95. The van der Waals surface area contributed by atoms with Gasteiger partial charge in [0.15, 0.2) is 0 Å². The summed E-state index contributed by atoms with van der Waals surface area (Å²) in [5.41, 5.74) is -1.43. The molecule has 0 aliphatic carbocycles. The van der Waals surface area contributed by atoms with E-state index in [9.17, 15) is 14.3 Å². The molecule has 0 saturated heterocycles. The van der Waals surface area contributed by atoms with E-state index in [0.717, 1.165) is 12.1 Å². The maximum Gasteiger partial charge on any atom is 0.338 e. The van der Waals surface area contributed by atoms with Crippen molar-refractivity contribution in [1.82, 2.24) is 0 Å². The fraction of sp³-hybridized carbons (Fsp3) is 0.462. The summed E-state index contributed by atoms with van der Waals surface area (Å²) in [6.45, 7) is 5.32. The van der Waals surface area contributed by atoms with Gasteiger partial charge in [0.2, 0.25) is 0 Å². The van der Waals surface area contributed by atoms with E-state index in [0.29, 0.717) is 0 Å². The van der Waals surface area contributed by atoms with Crippen molar-refractivity contribution in [2.45, 2.75) is 26.4 Å². The molecule has 0 bridgehead atoms. The van der Waals surface area contributed by atoms with Gasteiger partial charge in [0.1, 0.15) is 18.2 Å². The molecule has 1 atom stereocenters. The summed E-state index contributed by atoms with van der Waals surface area (Å²) in [5.74, 6) is -2.00. The van der Waals surface area contributed by atoms with Gasteiger partial charge in [0.05, 0.1) is 11.2 Å². The number of hydrogen-bond donors (Lipinski definition) is 2. The molecule has 0 heterocycles. The van der Waals surface area contributed by atoms with Gasteiger partial charge in [-0.05, 0) is 25.0 Å². The van der Waals surface area contributed by atoms with Gasteiger partial charge in [-0.1, -0.05) is 13.8 Å². The molecular formula is C13H17FO4. The molecule has 0 saturated carbocycles. The molecule has 1 unspecified atom stereocenters. The van der Waals surface area contributed by atoms with Crippen molar-refractivity contribution < 1.29 is 24.1 Å². The normalized spacial score (nSPS) is 14.3. The van der Waals surface area contributed by atoms with Crippen LogP contribution >= 0.6 is 0 Å². The van der Waals surface area contributed by atoms with Crippen LogP contribution in [0.15, 0.2) is 18.2 Å². The van der Waals surface area contributed by atoms with E-state index in [1.165, 1.54) is 6.07 Å². The molecular weight excluding hydrogens is 239 g/mol. The molecule has 2 N–H and O–H groups in total. The Hall–Kier alpha value is -1.62. The number of aromatic carboxylic acids is 1. The SMILES string of the molecule is CC(C)C(C)(O)COc1ccc(C(=O)O)c(F)c1. The lowest BCUT2D eigenvalue weighted by atomic mass is 9.94. The molecule has 0 aromatic heterocycles. The van der Waals surface area contributed by atoms with E-state index in [2.05, 4.69) is 0 Å². The van der Waals surface area contributed by atoms with Crippen LogP contribution < -0.4 is 4.74 Å². The molecule has 0 radical (unpaired) electrons. The fourth-order valence-electron chi connectivity index (χ4n) is 1.16. The molecule has 5 heteroatoms. The van der Waals surface area contributed by atoms with Gasteiger partial charge in [-0.25, -0.2) is 9.18 Å². The number of halogens is 1. The Morgan fingerprint density at radius 3 is 2.56 bits per heavy atom. The smallest absolute Gasteiger partial charge is 0.338 e. The molecule has 1 rings (SSSR count). The van der Waals surface area contributed by atoms with E-state index < -0.39 is 23.0 Å². The highest BCUT2D eigenvalue weighted by atomic mass is 19.1. The van der Waals surface area contributed by atoms with Gasteiger partial charge in [-0.2, -0.15) is 0 Å². The summed E-state index contributed by atoms with van der Waals surface area (Å²) in [6.07, 6.45) is 0. The predicted molar refractivity (Wildman–Crippen MR) is 64.3 cm³/mol. The zero-order chi connectivity index (χ0) is 13.9. The highest BCUT2D eigenvalue weighted by molar-refractivity contribution is 5.88. The molecule has 100 valence electrons. The summed E-state index contributed by atoms with van der Waals surface area (Å²) in [7, 11) is 0. The van der Waals surface area contributed by atoms with Crippen LogP contribution in [0.2, 0.25) is 0 Å². The lowest BCUT2D eigenvalue weighted by Crippen LogP contribution is -2.37. The standard InChI is InChI=1S/C13H17FO4/c1-8(2)13(3,17)7-18-9-4-5-10(12(15)16)11(14)6-9/h4-6,8,17H,7H2,1-3H3,(H,15,16). The third kappa shape index (κ3) is 3.43. The molecule has 0 spiro atoms.